The van der Waals surface area contributed by atoms with Gasteiger partial charge in [-0.3, -0.25) is 9.59 Å². The molecule has 3 rings (SSSR count). The van der Waals surface area contributed by atoms with Gasteiger partial charge in [-0.15, -0.1) is 0 Å². The standard InChI is InChI=1S/C18H21F3N2O2/c19-18(20,21)11-6-8-13(9-7-11)23-17(25)15-10-14(15)16(24)22-12-4-2-1-3-5-12/h6-9,12,14-15H,1-5,10H2,(H,22,24)(H,23,25). The third-order valence-corrected chi connectivity index (χ3v) is 4.90. The van der Waals surface area contributed by atoms with Gasteiger partial charge in [0.25, 0.3) is 0 Å². The van der Waals surface area contributed by atoms with Crippen LogP contribution in [0.4, 0.5) is 18.9 Å². The maximum absolute atomic E-state index is 12.5. The smallest absolute Gasteiger partial charge is 0.353 e. The molecule has 0 spiro atoms. The van der Waals surface area contributed by atoms with Crippen molar-refractivity contribution in [3.05, 3.63) is 29.8 Å². The van der Waals surface area contributed by atoms with Gasteiger partial charge in [-0.05, 0) is 43.5 Å². The second kappa shape index (κ2) is 7.06. The predicted molar refractivity (Wildman–Crippen MR) is 86.7 cm³/mol. The van der Waals surface area contributed by atoms with Gasteiger partial charge in [0.1, 0.15) is 0 Å². The molecule has 2 fully saturated rings. The van der Waals surface area contributed by atoms with Gasteiger partial charge in [0.05, 0.1) is 17.4 Å². The summed E-state index contributed by atoms with van der Waals surface area (Å²) in [6.07, 6.45) is 1.50. The molecular weight excluding hydrogens is 333 g/mol. The Morgan fingerprint density at radius 2 is 1.52 bits per heavy atom. The first kappa shape index (κ1) is 17.8. The van der Waals surface area contributed by atoms with E-state index < -0.39 is 17.7 Å². The fourth-order valence-electron chi connectivity index (χ4n) is 3.31. The Hall–Kier alpha value is -2.05. The molecule has 7 heteroatoms. The van der Waals surface area contributed by atoms with E-state index >= 15 is 0 Å². The molecule has 4 nitrogen and oxygen atoms in total. The van der Waals surface area contributed by atoms with Crippen LogP contribution in [0.5, 0.6) is 0 Å². The van der Waals surface area contributed by atoms with Crippen molar-refractivity contribution in [3.8, 4) is 0 Å². The zero-order valence-electron chi connectivity index (χ0n) is 13.7. The second-order valence-electron chi connectivity index (χ2n) is 6.86. The normalized spacial score (nSPS) is 23.8. The Morgan fingerprint density at radius 1 is 0.920 bits per heavy atom. The Morgan fingerprint density at radius 3 is 2.12 bits per heavy atom. The van der Waals surface area contributed by atoms with Crippen molar-refractivity contribution in [2.45, 2.75) is 50.7 Å². The van der Waals surface area contributed by atoms with Crippen LogP contribution in [0.25, 0.3) is 0 Å². The van der Waals surface area contributed by atoms with E-state index in [0.717, 1.165) is 37.8 Å². The van der Waals surface area contributed by atoms with E-state index in [9.17, 15) is 22.8 Å². The topological polar surface area (TPSA) is 58.2 Å². The highest BCUT2D eigenvalue weighted by atomic mass is 19.4. The number of carbonyl (C=O) groups is 2. The number of benzene rings is 1. The first-order chi connectivity index (χ1) is 11.8. The quantitative estimate of drug-likeness (QED) is 0.866. The number of hydrogen-bond donors (Lipinski definition) is 2. The molecule has 0 radical (unpaired) electrons. The molecule has 1 aromatic rings. The molecule has 2 amide bonds. The van der Waals surface area contributed by atoms with E-state index in [4.69, 9.17) is 0 Å². The Kier molecular flexibility index (Phi) is 5.01. The number of alkyl halides is 3. The molecular formula is C18H21F3N2O2. The molecule has 2 saturated carbocycles. The molecule has 1 aromatic carbocycles. The van der Waals surface area contributed by atoms with Gasteiger partial charge in [0.2, 0.25) is 11.8 Å². The van der Waals surface area contributed by atoms with Crippen LogP contribution < -0.4 is 10.6 Å². The van der Waals surface area contributed by atoms with Crippen LogP contribution in [-0.2, 0) is 15.8 Å². The van der Waals surface area contributed by atoms with Crippen LogP contribution in [0.3, 0.4) is 0 Å². The highest BCUT2D eigenvalue weighted by Crippen LogP contribution is 2.40. The summed E-state index contributed by atoms with van der Waals surface area (Å²) in [5.41, 5.74) is -0.460. The van der Waals surface area contributed by atoms with Gasteiger partial charge in [-0.1, -0.05) is 19.3 Å². The summed E-state index contributed by atoms with van der Waals surface area (Å²) in [7, 11) is 0. The van der Waals surface area contributed by atoms with Gasteiger partial charge in [0.15, 0.2) is 0 Å². The first-order valence-corrected chi connectivity index (χ1v) is 8.63. The number of halogens is 3. The summed E-state index contributed by atoms with van der Waals surface area (Å²) in [5, 5.41) is 5.59. The summed E-state index contributed by atoms with van der Waals surface area (Å²) in [4.78, 5) is 24.3. The monoisotopic (exact) mass is 354 g/mol. The van der Waals surface area contributed by atoms with Crippen molar-refractivity contribution < 1.29 is 22.8 Å². The van der Waals surface area contributed by atoms with Gasteiger partial charge < -0.3 is 10.6 Å². The third kappa shape index (κ3) is 4.52. The molecule has 136 valence electrons. The van der Waals surface area contributed by atoms with Gasteiger partial charge >= 0.3 is 6.18 Å². The molecule has 25 heavy (non-hydrogen) atoms. The number of nitrogens with one attached hydrogen (secondary N) is 2. The number of anilines is 1. The second-order valence-corrected chi connectivity index (χ2v) is 6.86. The maximum atomic E-state index is 12.5. The maximum Gasteiger partial charge on any atom is 0.416 e. The minimum Gasteiger partial charge on any atom is -0.353 e. The molecule has 0 heterocycles. The minimum absolute atomic E-state index is 0.0838. The molecule has 0 aromatic heterocycles. The highest BCUT2D eigenvalue weighted by Gasteiger charge is 2.48. The molecule has 2 unspecified atom stereocenters. The summed E-state index contributed by atoms with van der Waals surface area (Å²) >= 11 is 0. The molecule has 0 saturated heterocycles. The lowest BCUT2D eigenvalue weighted by Gasteiger charge is -2.22. The lowest BCUT2D eigenvalue weighted by Crippen LogP contribution is -2.37. The average Bonchev–Trinajstić information content (AvgIpc) is 3.36. The van der Waals surface area contributed by atoms with Crippen molar-refractivity contribution in [3.63, 3.8) is 0 Å². The fourth-order valence-corrected chi connectivity index (χ4v) is 3.31. The zero-order valence-corrected chi connectivity index (χ0v) is 13.7. The SMILES string of the molecule is O=C(Nc1ccc(C(F)(F)F)cc1)C1CC1C(=O)NC1CCCCC1. The highest BCUT2D eigenvalue weighted by molar-refractivity contribution is 5.99. The van der Waals surface area contributed by atoms with Crippen LogP contribution >= 0.6 is 0 Å². The van der Waals surface area contributed by atoms with E-state index in [1.807, 2.05) is 0 Å². The number of amides is 2. The molecule has 0 bridgehead atoms. The Balaban J connectivity index is 1.48. The summed E-state index contributed by atoms with van der Waals surface area (Å²) < 4.78 is 37.6. The van der Waals surface area contributed by atoms with Crippen LogP contribution in [0.15, 0.2) is 24.3 Å². The Labute approximate surface area is 144 Å². The minimum atomic E-state index is -4.40. The largest absolute Gasteiger partial charge is 0.416 e. The predicted octanol–water partition coefficient (Wildman–Crippen LogP) is 3.73. The summed E-state index contributed by atoms with van der Waals surface area (Å²) in [5.74, 6) is -1.12. The Bertz CT molecular complexity index is 637. The lowest BCUT2D eigenvalue weighted by atomic mass is 9.95. The number of rotatable bonds is 4. The molecule has 2 aliphatic carbocycles. The van der Waals surface area contributed by atoms with Crippen LogP contribution in [0, 0.1) is 11.8 Å². The zero-order chi connectivity index (χ0) is 18.0. The molecule has 2 atom stereocenters. The summed E-state index contributed by atoms with van der Waals surface area (Å²) in [6.45, 7) is 0. The molecule has 2 N–H and O–H groups in total. The fraction of sp³-hybridized carbons (Fsp3) is 0.556. The first-order valence-electron chi connectivity index (χ1n) is 8.63. The van der Waals surface area contributed by atoms with Crippen LogP contribution in [0.1, 0.15) is 44.1 Å². The van der Waals surface area contributed by atoms with E-state index in [0.29, 0.717) is 12.1 Å². The summed E-state index contributed by atoms with van der Waals surface area (Å²) in [6, 6.07) is 4.51. The van der Waals surface area contributed by atoms with Crippen molar-refractivity contribution in [2.24, 2.45) is 11.8 Å². The van der Waals surface area contributed by atoms with Crippen LogP contribution in [-0.4, -0.2) is 17.9 Å². The van der Waals surface area contributed by atoms with Crippen molar-refractivity contribution in [1.82, 2.24) is 5.32 Å². The number of hydrogen-bond acceptors (Lipinski definition) is 2. The molecule has 0 aliphatic heterocycles. The van der Waals surface area contributed by atoms with Gasteiger partial charge in [-0.2, -0.15) is 13.2 Å². The lowest BCUT2D eigenvalue weighted by molar-refractivity contribution is -0.137. The van der Waals surface area contributed by atoms with E-state index in [-0.39, 0.29) is 23.8 Å². The third-order valence-electron chi connectivity index (χ3n) is 4.90. The van der Waals surface area contributed by atoms with E-state index in [1.54, 1.807) is 0 Å². The van der Waals surface area contributed by atoms with Crippen LogP contribution in [0.2, 0.25) is 0 Å². The average molecular weight is 354 g/mol. The van der Waals surface area contributed by atoms with Crippen molar-refractivity contribution >= 4 is 17.5 Å². The van der Waals surface area contributed by atoms with Crippen molar-refractivity contribution in [1.29, 1.82) is 0 Å². The molecule has 2 aliphatic rings. The van der Waals surface area contributed by atoms with E-state index in [2.05, 4.69) is 10.6 Å². The van der Waals surface area contributed by atoms with Gasteiger partial charge in [0, 0.05) is 11.7 Å². The van der Waals surface area contributed by atoms with Gasteiger partial charge in [-0.25, -0.2) is 0 Å². The van der Waals surface area contributed by atoms with E-state index in [1.165, 1.54) is 18.6 Å². The number of carbonyl (C=O) groups excluding carboxylic acids is 2. The van der Waals surface area contributed by atoms with Crippen molar-refractivity contribution in [2.75, 3.05) is 5.32 Å².